The predicted molar refractivity (Wildman–Crippen MR) is 73.9 cm³/mol. The number of hydrogen-bond donors (Lipinski definition) is 0. The molecule has 0 amide bonds. The van der Waals surface area contributed by atoms with Crippen LogP contribution in [0.5, 0.6) is 5.75 Å². The van der Waals surface area contributed by atoms with Gasteiger partial charge in [-0.3, -0.25) is 10.1 Å². The molecule has 2 rings (SSSR count). The zero-order valence-corrected chi connectivity index (χ0v) is 12.6. The van der Waals surface area contributed by atoms with Crippen molar-refractivity contribution in [3.05, 3.63) is 43.9 Å². The lowest BCUT2D eigenvalue weighted by atomic mass is 10.2. The van der Waals surface area contributed by atoms with Gasteiger partial charge in [-0.2, -0.15) is 5.10 Å². The SMILES string of the molecule is COc1cc(-n2nc(C)c(Br)c2C)c(F)cc1[N+](=O)[O-]. The highest BCUT2D eigenvalue weighted by atomic mass is 79.9. The number of methoxy groups -OCH3 is 1. The number of halogens is 2. The van der Waals surface area contributed by atoms with Crippen LogP contribution in [0.2, 0.25) is 0 Å². The lowest BCUT2D eigenvalue weighted by molar-refractivity contribution is -0.385. The number of nitrogens with zero attached hydrogens (tertiary/aromatic N) is 3. The van der Waals surface area contributed by atoms with E-state index < -0.39 is 16.4 Å². The molecule has 0 aliphatic rings. The Bertz CT molecular complexity index is 700. The Morgan fingerprint density at radius 2 is 2.10 bits per heavy atom. The fourth-order valence-electron chi connectivity index (χ4n) is 1.86. The van der Waals surface area contributed by atoms with E-state index in [0.29, 0.717) is 11.4 Å². The van der Waals surface area contributed by atoms with Gasteiger partial charge >= 0.3 is 5.69 Å². The summed E-state index contributed by atoms with van der Waals surface area (Å²) in [6, 6.07) is 2.10. The van der Waals surface area contributed by atoms with Crippen molar-refractivity contribution in [2.45, 2.75) is 13.8 Å². The van der Waals surface area contributed by atoms with Crippen molar-refractivity contribution in [1.29, 1.82) is 0 Å². The van der Waals surface area contributed by atoms with Crippen LogP contribution in [-0.2, 0) is 0 Å². The van der Waals surface area contributed by atoms with E-state index in [9.17, 15) is 14.5 Å². The fraction of sp³-hybridized carbons (Fsp3) is 0.250. The molecule has 0 saturated carbocycles. The molecule has 0 aliphatic carbocycles. The summed E-state index contributed by atoms with van der Waals surface area (Å²) < 4.78 is 21.2. The molecule has 0 radical (unpaired) electrons. The molecule has 0 N–H and O–H groups in total. The van der Waals surface area contributed by atoms with Crippen LogP contribution in [0.15, 0.2) is 16.6 Å². The van der Waals surface area contributed by atoms with Gasteiger partial charge in [-0.25, -0.2) is 9.07 Å². The number of aromatic nitrogens is 2. The first kappa shape index (κ1) is 14.4. The minimum Gasteiger partial charge on any atom is -0.490 e. The zero-order chi connectivity index (χ0) is 15.0. The van der Waals surface area contributed by atoms with Crippen molar-refractivity contribution in [2.75, 3.05) is 7.11 Å². The quantitative estimate of drug-likeness (QED) is 0.633. The Morgan fingerprint density at radius 1 is 1.45 bits per heavy atom. The van der Waals surface area contributed by atoms with Crippen LogP contribution in [0.4, 0.5) is 10.1 Å². The molecule has 1 heterocycles. The highest BCUT2D eigenvalue weighted by molar-refractivity contribution is 9.10. The van der Waals surface area contributed by atoms with Crippen LogP contribution in [0.25, 0.3) is 5.69 Å². The first-order valence-electron chi connectivity index (χ1n) is 5.60. The smallest absolute Gasteiger partial charge is 0.313 e. The van der Waals surface area contributed by atoms with Gasteiger partial charge in [0.2, 0.25) is 0 Å². The third-order valence-electron chi connectivity index (χ3n) is 2.88. The Kier molecular flexibility index (Phi) is 3.76. The molecule has 0 spiro atoms. The number of aryl methyl sites for hydroxylation is 1. The van der Waals surface area contributed by atoms with Gasteiger partial charge in [0.1, 0.15) is 5.69 Å². The molecule has 6 nitrogen and oxygen atoms in total. The normalized spacial score (nSPS) is 10.7. The monoisotopic (exact) mass is 343 g/mol. The van der Waals surface area contributed by atoms with Crippen LogP contribution >= 0.6 is 15.9 Å². The van der Waals surface area contributed by atoms with Crippen molar-refractivity contribution >= 4 is 21.6 Å². The Labute approximate surface area is 122 Å². The Balaban J connectivity index is 2.69. The molecule has 2 aromatic rings. The van der Waals surface area contributed by atoms with E-state index in [1.807, 2.05) is 0 Å². The topological polar surface area (TPSA) is 70.2 Å². The first-order valence-corrected chi connectivity index (χ1v) is 6.40. The molecule has 8 heteroatoms. The Morgan fingerprint density at radius 3 is 2.55 bits per heavy atom. The molecule has 1 aromatic heterocycles. The average molecular weight is 344 g/mol. The molecule has 20 heavy (non-hydrogen) atoms. The van der Waals surface area contributed by atoms with Crippen molar-refractivity contribution in [3.63, 3.8) is 0 Å². The van der Waals surface area contributed by atoms with Gasteiger partial charge in [-0.05, 0) is 29.8 Å². The standard InChI is InChI=1S/C12H11BrFN3O3/c1-6-12(13)7(2)16(15-6)9-5-11(20-3)10(17(18)19)4-8(9)14/h4-5H,1-3H3. The van der Waals surface area contributed by atoms with Crippen molar-refractivity contribution in [1.82, 2.24) is 9.78 Å². The Hall–Kier alpha value is -1.96. The summed E-state index contributed by atoms with van der Waals surface area (Å²) in [6.07, 6.45) is 0. The van der Waals surface area contributed by atoms with E-state index in [1.165, 1.54) is 17.9 Å². The van der Waals surface area contributed by atoms with Crippen molar-refractivity contribution < 1.29 is 14.1 Å². The lowest BCUT2D eigenvalue weighted by Crippen LogP contribution is -2.04. The maximum Gasteiger partial charge on any atom is 0.313 e. The molecule has 0 aliphatic heterocycles. The molecule has 1 aromatic carbocycles. The van der Waals surface area contributed by atoms with Gasteiger partial charge in [0.15, 0.2) is 11.6 Å². The van der Waals surface area contributed by atoms with Crippen LogP contribution in [0, 0.1) is 29.8 Å². The first-order chi connectivity index (χ1) is 9.36. The van der Waals surface area contributed by atoms with Crippen molar-refractivity contribution in [3.8, 4) is 11.4 Å². The number of rotatable bonds is 3. The molecular weight excluding hydrogens is 333 g/mol. The van der Waals surface area contributed by atoms with Gasteiger partial charge in [0.05, 0.1) is 34.0 Å². The van der Waals surface area contributed by atoms with E-state index in [1.54, 1.807) is 13.8 Å². The zero-order valence-electron chi connectivity index (χ0n) is 11.0. The third kappa shape index (κ3) is 2.26. The number of ether oxygens (including phenoxy) is 1. The molecule has 106 valence electrons. The van der Waals surface area contributed by atoms with Gasteiger partial charge in [0.25, 0.3) is 0 Å². The summed E-state index contributed by atoms with van der Waals surface area (Å²) in [4.78, 5) is 10.1. The van der Waals surface area contributed by atoms with E-state index in [0.717, 1.165) is 10.5 Å². The van der Waals surface area contributed by atoms with E-state index in [2.05, 4.69) is 21.0 Å². The van der Waals surface area contributed by atoms with Crippen LogP contribution < -0.4 is 4.74 Å². The van der Waals surface area contributed by atoms with Crippen molar-refractivity contribution in [2.24, 2.45) is 0 Å². The molecular formula is C12H11BrFN3O3. The second-order valence-electron chi connectivity index (χ2n) is 4.13. The summed E-state index contributed by atoms with van der Waals surface area (Å²) in [7, 11) is 1.29. The average Bonchev–Trinajstić information content (AvgIpc) is 2.66. The molecule has 0 saturated heterocycles. The molecule has 0 bridgehead atoms. The summed E-state index contributed by atoms with van der Waals surface area (Å²) in [6.45, 7) is 3.53. The molecule has 0 atom stereocenters. The highest BCUT2D eigenvalue weighted by Crippen LogP contribution is 2.33. The van der Waals surface area contributed by atoms with E-state index >= 15 is 0 Å². The number of nitro benzene ring substituents is 1. The van der Waals surface area contributed by atoms with E-state index in [4.69, 9.17) is 4.74 Å². The number of hydrogen-bond acceptors (Lipinski definition) is 4. The molecule has 0 unspecified atom stereocenters. The maximum atomic E-state index is 14.1. The maximum absolute atomic E-state index is 14.1. The van der Waals surface area contributed by atoms with Crippen LogP contribution in [-0.4, -0.2) is 21.8 Å². The minimum absolute atomic E-state index is 0.0184. The lowest BCUT2D eigenvalue weighted by Gasteiger charge is -2.09. The number of benzene rings is 1. The summed E-state index contributed by atoms with van der Waals surface area (Å²) >= 11 is 3.35. The summed E-state index contributed by atoms with van der Waals surface area (Å²) in [5.74, 6) is -0.759. The third-order valence-corrected chi connectivity index (χ3v) is 4.02. The van der Waals surface area contributed by atoms with E-state index in [-0.39, 0.29) is 11.4 Å². The summed E-state index contributed by atoms with van der Waals surface area (Å²) in [5, 5.41) is 15.0. The van der Waals surface area contributed by atoms with Gasteiger partial charge in [0, 0.05) is 6.07 Å². The van der Waals surface area contributed by atoms with Gasteiger partial charge < -0.3 is 4.74 Å². The van der Waals surface area contributed by atoms with Crippen LogP contribution in [0.3, 0.4) is 0 Å². The van der Waals surface area contributed by atoms with Gasteiger partial charge in [-0.1, -0.05) is 0 Å². The highest BCUT2D eigenvalue weighted by Gasteiger charge is 2.22. The molecule has 0 fully saturated rings. The second kappa shape index (κ2) is 5.20. The minimum atomic E-state index is -0.740. The second-order valence-corrected chi connectivity index (χ2v) is 4.92. The van der Waals surface area contributed by atoms with Crippen LogP contribution in [0.1, 0.15) is 11.4 Å². The number of nitro groups is 1. The van der Waals surface area contributed by atoms with Gasteiger partial charge in [-0.15, -0.1) is 0 Å². The fourth-order valence-corrected chi connectivity index (χ4v) is 2.11. The largest absolute Gasteiger partial charge is 0.490 e. The predicted octanol–water partition coefficient (Wildman–Crippen LogP) is 3.31. The summed E-state index contributed by atoms with van der Waals surface area (Å²) in [5.41, 5.74) is 1.06.